The fourth-order valence-corrected chi connectivity index (χ4v) is 1.97. The zero-order chi connectivity index (χ0) is 18.9. The van der Waals surface area contributed by atoms with Gasteiger partial charge in [-0.3, -0.25) is 0 Å². The number of carbonyl (C=O) groups excluding carboxylic acids is 6. The van der Waals surface area contributed by atoms with Gasteiger partial charge in [0.1, 0.15) is 0 Å². The zero-order valence-electron chi connectivity index (χ0n) is 13.0. The first-order valence-corrected chi connectivity index (χ1v) is 5.45. The maximum absolute atomic E-state index is 11.0. The summed E-state index contributed by atoms with van der Waals surface area (Å²) in [5.41, 5.74) is -12.0. The molecular formula is C12Ca3O12. The number of carboxylic acid groups (broad SMARTS) is 6. The second kappa shape index (κ2) is 12.4. The van der Waals surface area contributed by atoms with E-state index >= 15 is 0 Å². The molecule has 0 saturated carbocycles. The molecule has 1 aromatic carbocycles. The van der Waals surface area contributed by atoms with Crippen molar-refractivity contribution in [3.05, 3.63) is 33.4 Å². The Bertz CT molecular complexity index is 646. The van der Waals surface area contributed by atoms with E-state index in [-0.39, 0.29) is 113 Å². The number of carboxylic acids is 6. The summed E-state index contributed by atoms with van der Waals surface area (Å²) in [5, 5.41) is 66.0. The van der Waals surface area contributed by atoms with Gasteiger partial charge in [-0.05, 0) is 0 Å². The third-order valence-electron chi connectivity index (χ3n) is 2.72. The minimum absolute atomic E-state index is 0. The van der Waals surface area contributed by atoms with E-state index in [1.165, 1.54) is 0 Å². The molecule has 0 fully saturated rings. The molecule has 27 heavy (non-hydrogen) atoms. The van der Waals surface area contributed by atoms with Gasteiger partial charge in [-0.2, -0.15) is 0 Å². The Morgan fingerprint density at radius 3 is 0.444 bits per heavy atom. The van der Waals surface area contributed by atoms with E-state index in [0.717, 1.165) is 0 Å². The molecule has 15 heteroatoms. The van der Waals surface area contributed by atoms with Gasteiger partial charge in [-0.25, -0.2) is 0 Å². The zero-order valence-corrected chi connectivity index (χ0v) is 19.6. The monoisotopic (exact) mass is 456 g/mol. The van der Waals surface area contributed by atoms with Gasteiger partial charge in [0.2, 0.25) is 0 Å². The average molecular weight is 456 g/mol. The van der Waals surface area contributed by atoms with Crippen molar-refractivity contribution in [2.45, 2.75) is 0 Å². The maximum Gasteiger partial charge on any atom is 2.00 e. The Morgan fingerprint density at radius 1 is 0.333 bits per heavy atom. The maximum atomic E-state index is 11.0. The van der Waals surface area contributed by atoms with Gasteiger partial charge in [-0.15, -0.1) is 0 Å². The predicted octanol–water partition coefficient (Wildman–Crippen LogP) is -9.27. The van der Waals surface area contributed by atoms with Gasteiger partial charge < -0.3 is 59.4 Å². The van der Waals surface area contributed by atoms with Crippen molar-refractivity contribution >= 4 is 149 Å². The number of rotatable bonds is 6. The average Bonchev–Trinajstić information content (AvgIpc) is 2.42. The minimum Gasteiger partial charge on any atom is -0.545 e. The van der Waals surface area contributed by atoms with Crippen LogP contribution in [-0.4, -0.2) is 149 Å². The van der Waals surface area contributed by atoms with Crippen LogP contribution in [0.1, 0.15) is 62.1 Å². The summed E-state index contributed by atoms with van der Waals surface area (Å²) in [4.78, 5) is 66.0. The summed E-state index contributed by atoms with van der Waals surface area (Å²) < 4.78 is 0. The van der Waals surface area contributed by atoms with Crippen LogP contribution in [0.25, 0.3) is 0 Å². The number of carbonyl (C=O) groups is 6. The Morgan fingerprint density at radius 2 is 0.407 bits per heavy atom. The van der Waals surface area contributed by atoms with E-state index < -0.39 is 69.2 Å². The Kier molecular flexibility index (Phi) is 14.5. The Balaban J connectivity index is -0.00000192. The first-order valence-electron chi connectivity index (χ1n) is 5.45. The molecule has 0 spiro atoms. The van der Waals surface area contributed by atoms with Gasteiger partial charge in [0.25, 0.3) is 0 Å². The van der Waals surface area contributed by atoms with Crippen molar-refractivity contribution in [2.24, 2.45) is 0 Å². The van der Waals surface area contributed by atoms with E-state index in [1.807, 2.05) is 0 Å². The van der Waals surface area contributed by atoms with Gasteiger partial charge in [0.15, 0.2) is 0 Å². The van der Waals surface area contributed by atoms with Crippen LogP contribution in [-0.2, 0) is 0 Å². The van der Waals surface area contributed by atoms with Crippen LogP contribution >= 0.6 is 0 Å². The van der Waals surface area contributed by atoms with Crippen molar-refractivity contribution in [3.63, 3.8) is 0 Å². The molecule has 0 bridgehead atoms. The molecule has 0 heterocycles. The van der Waals surface area contributed by atoms with Crippen LogP contribution in [0.2, 0.25) is 0 Å². The number of aromatic carboxylic acids is 6. The van der Waals surface area contributed by atoms with Crippen LogP contribution < -0.4 is 30.6 Å². The Labute approximate surface area is 238 Å². The fraction of sp³-hybridized carbons (Fsp3) is 0. The second-order valence-corrected chi connectivity index (χ2v) is 3.97. The van der Waals surface area contributed by atoms with Crippen molar-refractivity contribution < 1.29 is 59.4 Å². The smallest absolute Gasteiger partial charge is 0.545 e. The van der Waals surface area contributed by atoms with Crippen LogP contribution in [0.15, 0.2) is 0 Å². The van der Waals surface area contributed by atoms with Crippen molar-refractivity contribution in [1.82, 2.24) is 0 Å². The van der Waals surface area contributed by atoms with Crippen LogP contribution in [0, 0.1) is 0 Å². The molecule has 0 saturated heterocycles. The topological polar surface area (TPSA) is 241 Å². The molecule has 0 aliphatic heterocycles. The van der Waals surface area contributed by atoms with Crippen LogP contribution in [0.4, 0.5) is 0 Å². The number of benzene rings is 1. The Hall–Kier alpha value is -0.181. The van der Waals surface area contributed by atoms with Gasteiger partial charge in [0, 0.05) is 33.4 Å². The molecular weight excluding hydrogens is 456 g/mol. The largest absolute Gasteiger partial charge is 2.00 e. The van der Waals surface area contributed by atoms with E-state index in [2.05, 4.69) is 0 Å². The quantitative estimate of drug-likeness (QED) is 0.362. The first kappa shape index (κ1) is 31.5. The van der Waals surface area contributed by atoms with Gasteiger partial charge >= 0.3 is 113 Å². The van der Waals surface area contributed by atoms with E-state index in [4.69, 9.17) is 0 Å². The van der Waals surface area contributed by atoms with Crippen LogP contribution in [0.5, 0.6) is 0 Å². The number of hydrogen-bond acceptors (Lipinski definition) is 12. The SMILES string of the molecule is O=C([O-])c1c(C(=O)[O-])c(C(=O)[O-])c(C(=O)[O-])c(C(=O)[O-])c1C(=O)[O-].[Ca+2].[Ca+2].[Ca+2]. The third kappa shape index (κ3) is 6.41. The molecule has 0 aliphatic carbocycles. The normalized spacial score (nSPS) is 8.89. The molecule has 0 unspecified atom stereocenters. The summed E-state index contributed by atoms with van der Waals surface area (Å²) in [6.07, 6.45) is 0. The van der Waals surface area contributed by atoms with Crippen molar-refractivity contribution in [2.75, 3.05) is 0 Å². The van der Waals surface area contributed by atoms with Crippen LogP contribution in [0.3, 0.4) is 0 Å². The molecule has 0 N–H and O–H groups in total. The van der Waals surface area contributed by atoms with Gasteiger partial charge in [0.05, 0.1) is 35.8 Å². The fourth-order valence-electron chi connectivity index (χ4n) is 1.97. The summed E-state index contributed by atoms with van der Waals surface area (Å²) >= 11 is 0. The first-order chi connectivity index (χ1) is 10.9. The van der Waals surface area contributed by atoms with E-state index in [9.17, 15) is 59.4 Å². The van der Waals surface area contributed by atoms with Crippen molar-refractivity contribution in [3.8, 4) is 0 Å². The summed E-state index contributed by atoms with van der Waals surface area (Å²) in [6, 6.07) is 0. The van der Waals surface area contributed by atoms with E-state index in [1.54, 1.807) is 0 Å². The predicted molar refractivity (Wildman–Crippen MR) is 69.7 cm³/mol. The minimum atomic E-state index is -2.66. The summed E-state index contributed by atoms with van der Waals surface area (Å²) in [5.74, 6) is -16.0. The molecule has 0 aromatic heterocycles. The molecule has 1 rings (SSSR count). The molecule has 12 nitrogen and oxygen atoms in total. The molecule has 0 aliphatic rings. The molecule has 126 valence electrons. The third-order valence-corrected chi connectivity index (χ3v) is 2.72. The second-order valence-electron chi connectivity index (χ2n) is 3.97. The molecule has 0 atom stereocenters. The summed E-state index contributed by atoms with van der Waals surface area (Å²) in [6.45, 7) is 0. The van der Waals surface area contributed by atoms with Crippen molar-refractivity contribution in [1.29, 1.82) is 0 Å². The summed E-state index contributed by atoms with van der Waals surface area (Å²) in [7, 11) is 0. The standard InChI is InChI=1S/C12H6O12.3Ca/c13-7(14)1-2(8(15)16)4(10(19)20)6(12(23)24)5(11(21)22)3(1)9(17)18;;;/h(H,13,14)(H,15,16)(H,17,18)(H,19,20)(H,21,22)(H,23,24);;;/q;3*+2/p-6. The number of hydrogen-bond donors (Lipinski definition) is 0. The molecule has 1 aromatic rings. The van der Waals surface area contributed by atoms with Gasteiger partial charge in [-0.1, -0.05) is 0 Å². The molecule has 0 amide bonds. The molecule has 0 radical (unpaired) electrons. The van der Waals surface area contributed by atoms with E-state index in [0.29, 0.717) is 0 Å².